The number of carbonyl (C=O) groups is 3. The van der Waals surface area contributed by atoms with Crippen molar-refractivity contribution in [3.05, 3.63) is 29.8 Å². The average molecular weight is 404 g/mol. The lowest BCUT2D eigenvalue weighted by Crippen LogP contribution is -2.40. The van der Waals surface area contributed by atoms with Crippen molar-refractivity contribution in [2.45, 2.75) is 39.5 Å². The number of carbonyl (C=O) groups excluding carboxylic acids is 3. The molecule has 1 atom stereocenters. The number of anilines is 1. The number of nitrogens with one attached hydrogen (secondary N) is 2. The molecule has 0 aromatic heterocycles. The molecular weight excluding hydrogens is 381 g/mol. The van der Waals surface area contributed by atoms with Crippen molar-refractivity contribution in [2.24, 2.45) is 5.92 Å². The van der Waals surface area contributed by atoms with Crippen LogP contribution in [0.3, 0.4) is 0 Å². The second-order valence-corrected chi connectivity index (χ2v) is 6.35. The lowest BCUT2D eigenvalue weighted by Gasteiger charge is -2.19. The van der Waals surface area contributed by atoms with Gasteiger partial charge in [0.05, 0.1) is 12.1 Å². The summed E-state index contributed by atoms with van der Waals surface area (Å²) >= 11 is 0. The summed E-state index contributed by atoms with van der Waals surface area (Å²) in [6.07, 6.45) is -6.32. The van der Waals surface area contributed by atoms with Crippen LogP contribution in [0.5, 0.6) is 0 Å². The van der Waals surface area contributed by atoms with Crippen LogP contribution in [0.15, 0.2) is 24.3 Å². The van der Waals surface area contributed by atoms with Gasteiger partial charge in [-0.05, 0) is 36.6 Å². The van der Waals surface area contributed by atoms with E-state index < -0.39 is 35.8 Å². The van der Waals surface area contributed by atoms with Gasteiger partial charge in [0, 0.05) is 12.6 Å². The van der Waals surface area contributed by atoms with Gasteiger partial charge in [-0.2, -0.15) is 13.2 Å². The molecule has 0 spiro atoms. The second kappa shape index (κ2) is 10.5. The molecule has 0 saturated carbocycles. The van der Waals surface area contributed by atoms with E-state index in [0.717, 1.165) is 24.3 Å². The lowest BCUT2D eigenvalue weighted by molar-refractivity contribution is -0.141. The summed E-state index contributed by atoms with van der Waals surface area (Å²) in [5, 5.41) is 4.77. The summed E-state index contributed by atoms with van der Waals surface area (Å²) in [6, 6.07) is 3.81. The number of hydrogen-bond donors (Lipinski definition) is 2. The van der Waals surface area contributed by atoms with E-state index in [9.17, 15) is 27.6 Å². The first-order valence-electron chi connectivity index (χ1n) is 8.55. The minimum Gasteiger partial charge on any atom is -0.464 e. The van der Waals surface area contributed by atoms with Crippen molar-refractivity contribution in [2.75, 3.05) is 18.5 Å². The minimum atomic E-state index is -4.48. The van der Waals surface area contributed by atoms with Gasteiger partial charge in [0.25, 0.3) is 5.91 Å². The van der Waals surface area contributed by atoms with Crippen LogP contribution in [0, 0.1) is 5.92 Å². The number of halogens is 3. The third-order valence-corrected chi connectivity index (χ3v) is 3.39. The Morgan fingerprint density at radius 3 is 2.21 bits per heavy atom. The molecule has 0 fully saturated rings. The van der Waals surface area contributed by atoms with Crippen LogP contribution in [-0.4, -0.2) is 37.2 Å². The first kappa shape index (κ1) is 23.3. The topological polar surface area (TPSA) is 93.7 Å². The Balaban J connectivity index is 2.63. The first-order chi connectivity index (χ1) is 13.0. The zero-order valence-electron chi connectivity index (χ0n) is 15.8. The van der Waals surface area contributed by atoms with Crippen LogP contribution in [0.1, 0.15) is 32.8 Å². The van der Waals surface area contributed by atoms with Gasteiger partial charge < -0.3 is 14.8 Å². The molecule has 0 radical (unpaired) electrons. The Labute approximate surface area is 160 Å². The number of rotatable bonds is 8. The van der Waals surface area contributed by atoms with Gasteiger partial charge in [0.2, 0.25) is 0 Å². The summed E-state index contributed by atoms with van der Waals surface area (Å²) in [7, 11) is 0. The summed E-state index contributed by atoms with van der Waals surface area (Å²) in [4.78, 5) is 34.9. The summed E-state index contributed by atoms with van der Waals surface area (Å²) in [6.45, 7) is 4.93. The molecule has 0 heterocycles. The maximum absolute atomic E-state index is 12.6. The van der Waals surface area contributed by atoms with Crippen LogP contribution >= 0.6 is 0 Å². The van der Waals surface area contributed by atoms with Gasteiger partial charge in [-0.3, -0.25) is 14.9 Å². The summed E-state index contributed by atoms with van der Waals surface area (Å²) in [5.41, 5.74) is -0.757. The van der Waals surface area contributed by atoms with E-state index in [1.165, 1.54) is 6.92 Å². The molecule has 0 saturated heterocycles. The normalized spacial score (nSPS) is 12.2. The summed E-state index contributed by atoms with van der Waals surface area (Å²) in [5.74, 6) is -1.02. The standard InChI is InChI=1S/C18H23F3N2O5/c1-11(2)10-15(16(25)22-8-9-27-12(3)24)28-17(26)23-14-6-4-13(5-7-14)18(19,20)21/h4-7,11,15H,8-10H2,1-3H3,(H,22,25)(H,23,26). The van der Waals surface area contributed by atoms with Crippen LogP contribution in [0.4, 0.5) is 23.7 Å². The van der Waals surface area contributed by atoms with E-state index in [0.29, 0.717) is 0 Å². The molecule has 0 aliphatic rings. The van der Waals surface area contributed by atoms with E-state index >= 15 is 0 Å². The zero-order valence-corrected chi connectivity index (χ0v) is 15.8. The van der Waals surface area contributed by atoms with Gasteiger partial charge in [0.15, 0.2) is 6.10 Å². The second-order valence-electron chi connectivity index (χ2n) is 6.35. The third kappa shape index (κ3) is 8.74. The molecule has 1 aromatic carbocycles. The fourth-order valence-corrected chi connectivity index (χ4v) is 2.14. The molecule has 1 aromatic rings. The Bertz CT molecular complexity index is 675. The molecule has 7 nitrogen and oxygen atoms in total. The van der Waals surface area contributed by atoms with Crippen molar-refractivity contribution in [3.8, 4) is 0 Å². The molecule has 156 valence electrons. The fraction of sp³-hybridized carbons (Fsp3) is 0.500. The van der Waals surface area contributed by atoms with Gasteiger partial charge in [0.1, 0.15) is 6.61 Å². The number of esters is 1. The maximum Gasteiger partial charge on any atom is 0.416 e. The van der Waals surface area contributed by atoms with Crippen molar-refractivity contribution in [1.82, 2.24) is 5.32 Å². The molecule has 10 heteroatoms. The highest BCUT2D eigenvalue weighted by Crippen LogP contribution is 2.29. The molecule has 0 aliphatic carbocycles. The van der Waals surface area contributed by atoms with E-state index in [-0.39, 0.29) is 31.2 Å². The predicted octanol–water partition coefficient (Wildman–Crippen LogP) is 3.35. The van der Waals surface area contributed by atoms with Crippen molar-refractivity contribution >= 4 is 23.7 Å². The molecule has 0 aliphatic heterocycles. The van der Waals surface area contributed by atoms with Gasteiger partial charge in [-0.15, -0.1) is 0 Å². The molecule has 2 amide bonds. The van der Waals surface area contributed by atoms with Crippen molar-refractivity contribution in [1.29, 1.82) is 0 Å². The highest BCUT2D eigenvalue weighted by molar-refractivity contribution is 5.88. The molecular formula is C18H23F3N2O5. The van der Waals surface area contributed by atoms with Gasteiger partial charge in [-0.25, -0.2) is 4.79 Å². The smallest absolute Gasteiger partial charge is 0.416 e. The molecule has 0 bridgehead atoms. The van der Waals surface area contributed by atoms with E-state index in [1.54, 1.807) is 0 Å². The van der Waals surface area contributed by atoms with E-state index in [1.807, 2.05) is 13.8 Å². The lowest BCUT2D eigenvalue weighted by atomic mass is 10.1. The molecule has 2 N–H and O–H groups in total. The van der Waals surface area contributed by atoms with Crippen LogP contribution in [0.2, 0.25) is 0 Å². The maximum atomic E-state index is 12.6. The van der Waals surface area contributed by atoms with Crippen LogP contribution < -0.4 is 10.6 Å². The Morgan fingerprint density at radius 1 is 1.11 bits per heavy atom. The SMILES string of the molecule is CC(=O)OCCNC(=O)C(CC(C)C)OC(=O)Nc1ccc(C(F)(F)F)cc1. The zero-order chi connectivity index (χ0) is 21.3. The Hall–Kier alpha value is -2.78. The van der Waals surface area contributed by atoms with Crippen molar-refractivity contribution in [3.63, 3.8) is 0 Å². The number of amides is 2. The highest BCUT2D eigenvalue weighted by Gasteiger charge is 2.30. The monoisotopic (exact) mass is 404 g/mol. The number of alkyl halides is 3. The van der Waals surface area contributed by atoms with E-state index in [4.69, 9.17) is 9.47 Å². The first-order valence-corrected chi connectivity index (χ1v) is 8.55. The largest absolute Gasteiger partial charge is 0.464 e. The molecule has 1 unspecified atom stereocenters. The van der Waals surface area contributed by atoms with Gasteiger partial charge in [-0.1, -0.05) is 13.8 Å². The fourth-order valence-electron chi connectivity index (χ4n) is 2.14. The minimum absolute atomic E-state index is 0.0206. The third-order valence-electron chi connectivity index (χ3n) is 3.39. The van der Waals surface area contributed by atoms with Crippen molar-refractivity contribution < 1.29 is 37.0 Å². The highest BCUT2D eigenvalue weighted by atomic mass is 19.4. The van der Waals surface area contributed by atoms with Gasteiger partial charge >= 0.3 is 18.2 Å². The van der Waals surface area contributed by atoms with Crippen LogP contribution in [-0.2, 0) is 25.2 Å². The molecule has 1 rings (SSSR count). The Kier molecular flexibility index (Phi) is 8.75. The summed E-state index contributed by atoms with van der Waals surface area (Å²) < 4.78 is 47.5. The number of ether oxygens (including phenoxy) is 2. The van der Waals surface area contributed by atoms with Crippen LogP contribution in [0.25, 0.3) is 0 Å². The quantitative estimate of drug-likeness (QED) is 0.512. The number of benzene rings is 1. The predicted molar refractivity (Wildman–Crippen MR) is 94.4 cm³/mol. The average Bonchev–Trinajstić information content (AvgIpc) is 2.57. The number of hydrogen-bond acceptors (Lipinski definition) is 5. The Morgan fingerprint density at radius 2 is 1.71 bits per heavy atom. The van der Waals surface area contributed by atoms with E-state index in [2.05, 4.69) is 10.6 Å². The molecule has 28 heavy (non-hydrogen) atoms.